The SMILES string of the molecule is CCCC(N)C(=O)NCc1ccnc(OC2CCCC2)c1.Cl. The Balaban J connectivity index is 0.00000242. The minimum absolute atomic E-state index is 0. The van der Waals surface area contributed by atoms with Crippen molar-refractivity contribution >= 4 is 18.3 Å². The van der Waals surface area contributed by atoms with E-state index < -0.39 is 6.04 Å². The van der Waals surface area contributed by atoms with Crippen LogP contribution in [0.25, 0.3) is 0 Å². The first-order chi connectivity index (χ1) is 10.2. The zero-order chi connectivity index (χ0) is 15.1. The third kappa shape index (κ3) is 5.81. The van der Waals surface area contributed by atoms with Gasteiger partial charge in [0.15, 0.2) is 0 Å². The van der Waals surface area contributed by atoms with E-state index in [1.807, 2.05) is 19.1 Å². The number of hydrogen-bond acceptors (Lipinski definition) is 4. The maximum Gasteiger partial charge on any atom is 0.237 e. The number of nitrogens with zero attached hydrogens (tertiary/aromatic N) is 1. The van der Waals surface area contributed by atoms with E-state index in [4.69, 9.17) is 10.5 Å². The van der Waals surface area contributed by atoms with Crippen LogP contribution in [0.15, 0.2) is 18.3 Å². The molecule has 1 aliphatic carbocycles. The van der Waals surface area contributed by atoms with E-state index in [1.54, 1.807) is 6.20 Å². The summed E-state index contributed by atoms with van der Waals surface area (Å²) in [5.41, 5.74) is 6.76. The Morgan fingerprint density at radius 1 is 1.50 bits per heavy atom. The molecule has 6 heteroatoms. The first-order valence-corrected chi connectivity index (χ1v) is 7.84. The molecule has 0 saturated heterocycles. The number of carbonyl (C=O) groups is 1. The number of hydrogen-bond donors (Lipinski definition) is 2. The molecule has 1 amide bonds. The minimum atomic E-state index is -0.425. The molecule has 5 nitrogen and oxygen atoms in total. The quantitative estimate of drug-likeness (QED) is 0.807. The number of carbonyl (C=O) groups excluding carboxylic acids is 1. The summed E-state index contributed by atoms with van der Waals surface area (Å²) in [6, 6.07) is 3.35. The second-order valence-corrected chi connectivity index (χ2v) is 5.64. The molecule has 1 unspecified atom stereocenters. The van der Waals surface area contributed by atoms with Crippen molar-refractivity contribution in [1.29, 1.82) is 0 Å². The van der Waals surface area contributed by atoms with E-state index in [2.05, 4.69) is 10.3 Å². The van der Waals surface area contributed by atoms with Gasteiger partial charge >= 0.3 is 0 Å². The molecule has 0 aromatic carbocycles. The second-order valence-electron chi connectivity index (χ2n) is 5.64. The summed E-state index contributed by atoms with van der Waals surface area (Å²) in [4.78, 5) is 16.0. The summed E-state index contributed by atoms with van der Waals surface area (Å²) >= 11 is 0. The molecule has 22 heavy (non-hydrogen) atoms. The third-order valence-electron chi connectivity index (χ3n) is 3.79. The zero-order valence-electron chi connectivity index (χ0n) is 13.1. The predicted octanol–water partition coefficient (Wildman–Crippen LogP) is 2.57. The first kappa shape index (κ1) is 18.7. The lowest BCUT2D eigenvalue weighted by molar-refractivity contribution is -0.122. The van der Waals surface area contributed by atoms with Crippen LogP contribution < -0.4 is 15.8 Å². The van der Waals surface area contributed by atoms with Gasteiger partial charge in [-0.25, -0.2) is 4.98 Å². The summed E-state index contributed by atoms with van der Waals surface area (Å²) in [6.07, 6.45) is 8.30. The van der Waals surface area contributed by atoms with Gasteiger partial charge in [0.1, 0.15) is 6.10 Å². The lowest BCUT2D eigenvalue weighted by atomic mass is 10.1. The van der Waals surface area contributed by atoms with Gasteiger partial charge in [-0.1, -0.05) is 13.3 Å². The molecule has 0 aliphatic heterocycles. The van der Waals surface area contributed by atoms with Gasteiger partial charge in [0.2, 0.25) is 11.8 Å². The predicted molar refractivity (Wildman–Crippen MR) is 89.1 cm³/mol. The van der Waals surface area contributed by atoms with Crippen molar-refractivity contribution in [2.75, 3.05) is 0 Å². The smallest absolute Gasteiger partial charge is 0.237 e. The van der Waals surface area contributed by atoms with Crippen LogP contribution in [0.3, 0.4) is 0 Å². The molecule has 1 aromatic heterocycles. The van der Waals surface area contributed by atoms with Crippen molar-refractivity contribution in [3.8, 4) is 5.88 Å². The van der Waals surface area contributed by atoms with Crippen LogP contribution in [0, 0.1) is 0 Å². The normalized spacial score (nSPS) is 15.9. The van der Waals surface area contributed by atoms with Gasteiger partial charge in [-0.05, 0) is 43.7 Å². The number of halogens is 1. The van der Waals surface area contributed by atoms with Crippen LogP contribution in [0.4, 0.5) is 0 Å². The fourth-order valence-corrected chi connectivity index (χ4v) is 2.56. The molecule has 0 radical (unpaired) electrons. The maximum atomic E-state index is 11.8. The molecule has 1 saturated carbocycles. The fraction of sp³-hybridized carbons (Fsp3) is 0.625. The molecule has 1 aliphatic rings. The lowest BCUT2D eigenvalue weighted by Gasteiger charge is -2.14. The Hall–Kier alpha value is -1.33. The van der Waals surface area contributed by atoms with Crippen molar-refractivity contribution in [2.45, 2.75) is 64.1 Å². The molecular formula is C16H26ClN3O2. The Labute approximate surface area is 138 Å². The maximum absolute atomic E-state index is 11.8. The number of pyridine rings is 1. The molecule has 1 atom stereocenters. The topological polar surface area (TPSA) is 77.2 Å². The molecule has 2 rings (SSSR count). The van der Waals surface area contributed by atoms with E-state index in [0.717, 1.165) is 24.8 Å². The van der Waals surface area contributed by atoms with Gasteiger partial charge in [0.05, 0.1) is 6.04 Å². The highest BCUT2D eigenvalue weighted by Crippen LogP contribution is 2.23. The van der Waals surface area contributed by atoms with Gasteiger partial charge in [-0.2, -0.15) is 0 Å². The number of nitrogens with one attached hydrogen (secondary N) is 1. The monoisotopic (exact) mass is 327 g/mol. The highest BCUT2D eigenvalue weighted by molar-refractivity contribution is 5.85. The summed E-state index contributed by atoms with van der Waals surface area (Å²) < 4.78 is 5.86. The Kier molecular flexibility index (Phi) is 8.20. The molecule has 3 N–H and O–H groups in total. The van der Waals surface area contributed by atoms with Gasteiger partial charge < -0.3 is 15.8 Å². The molecule has 1 aromatic rings. The highest BCUT2D eigenvalue weighted by atomic mass is 35.5. The minimum Gasteiger partial charge on any atom is -0.474 e. The summed E-state index contributed by atoms with van der Waals surface area (Å²) in [7, 11) is 0. The average molecular weight is 328 g/mol. The molecule has 1 fully saturated rings. The van der Waals surface area contributed by atoms with Crippen molar-refractivity contribution in [1.82, 2.24) is 10.3 Å². The van der Waals surface area contributed by atoms with Crippen LogP contribution in [-0.2, 0) is 11.3 Å². The van der Waals surface area contributed by atoms with E-state index in [-0.39, 0.29) is 18.3 Å². The van der Waals surface area contributed by atoms with Crippen LogP contribution in [0.5, 0.6) is 5.88 Å². The van der Waals surface area contributed by atoms with Crippen LogP contribution >= 0.6 is 12.4 Å². The zero-order valence-corrected chi connectivity index (χ0v) is 13.9. The van der Waals surface area contributed by atoms with E-state index in [1.165, 1.54) is 12.8 Å². The number of amides is 1. The van der Waals surface area contributed by atoms with Crippen molar-refractivity contribution < 1.29 is 9.53 Å². The van der Waals surface area contributed by atoms with Crippen LogP contribution in [-0.4, -0.2) is 23.0 Å². The van der Waals surface area contributed by atoms with Gasteiger partial charge in [-0.15, -0.1) is 12.4 Å². The van der Waals surface area contributed by atoms with Crippen molar-refractivity contribution in [2.24, 2.45) is 5.73 Å². The number of nitrogens with two attached hydrogens (primary N) is 1. The summed E-state index contributed by atoms with van der Waals surface area (Å²) in [6.45, 7) is 2.47. The number of ether oxygens (including phenoxy) is 1. The largest absolute Gasteiger partial charge is 0.474 e. The Morgan fingerprint density at radius 3 is 2.91 bits per heavy atom. The van der Waals surface area contributed by atoms with E-state index in [9.17, 15) is 4.79 Å². The van der Waals surface area contributed by atoms with Crippen LogP contribution in [0.1, 0.15) is 51.0 Å². The van der Waals surface area contributed by atoms with Gasteiger partial charge in [-0.3, -0.25) is 4.79 Å². The van der Waals surface area contributed by atoms with Gasteiger partial charge in [0.25, 0.3) is 0 Å². The fourth-order valence-electron chi connectivity index (χ4n) is 2.56. The Morgan fingerprint density at radius 2 is 2.23 bits per heavy atom. The summed E-state index contributed by atoms with van der Waals surface area (Å²) in [5, 5.41) is 2.86. The molecule has 0 bridgehead atoms. The van der Waals surface area contributed by atoms with Gasteiger partial charge in [0, 0.05) is 18.8 Å². The molecule has 0 spiro atoms. The lowest BCUT2D eigenvalue weighted by Crippen LogP contribution is -2.40. The first-order valence-electron chi connectivity index (χ1n) is 7.84. The van der Waals surface area contributed by atoms with E-state index >= 15 is 0 Å². The van der Waals surface area contributed by atoms with Crippen molar-refractivity contribution in [3.63, 3.8) is 0 Å². The number of aromatic nitrogens is 1. The summed E-state index contributed by atoms with van der Waals surface area (Å²) in [5.74, 6) is 0.540. The Bertz CT molecular complexity index is 464. The number of rotatable bonds is 7. The molecule has 1 heterocycles. The second kappa shape index (κ2) is 9.64. The van der Waals surface area contributed by atoms with Crippen LogP contribution in [0.2, 0.25) is 0 Å². The molecular weight excluding hydrogens is 302 g/mol. The van der Waals surface area contributed by atoms with E-state index in [0.29, 0.717) is 24.9 Å². The highest BCUT2D eigenvalue weighted by Gasteiger charge is 2.17. The third-order valence-corrected chi connectivity index (χ3v) is 3.79. The molecule has 124 valence electrons. The van der Waals surface area contributed by atoms with Crippen molar-refractivity contribution in [3.05, 3.63) is 23.9 Å². The standard InChI is InChI=1S/C16H25N3O2.ClH/c1-2-5-14(17)16(20)19-11-12-8-9-18-15(10-12)21-13-6-3-4-7-13;/h8-10,13-14H,2-7,11,17H2,1H3,(H,19,20);1H. The average Bonchev–Trinajstić information content (AvgIpc) is 2.98.